The summed E-state index contributed by atoms with van der Waals surface area (Å²) in [4.78, 5) is 15.6. The molecule has 6 nitrogen and oxygen atoms in total. The summed E-state index contributed by atoms with van der Waals surface area (Å²) in [6, 6.07) is 6.71. The zero-order chi connectivity index (χ0) is 13.0. The Morgan fingerprint density at radius 3 is 2.61 bits per heavy atom. The molecule has 0 fully saturated rings. The fourth-order valence-electron chi connectivity index (χ4n) is 1.41. The van der Waals surface area contributed by atoms with Crippen molar-refractivity contribution in [3.8, 4) is 5.75 Å². The van der Waals surface area contributed by atoms with Gasteiger partial charge in [-0.2, -0.15) is 5.10 Å². The molecule has 1 aromatic heterocycles. The Bertz CT molecular complexity index is 508. The van der Waals surface area contributed by atoms with Crippen LogP contribution in [0.25, 0.3) is 0 Å². The lowest BCUT2D eigenvalue weighted by atomic mass is 10.2. The monoisotopic (exact) mass is 247 g/mol. The van der Waals surface area contributed by atoms with Crippen LogP contribution in [0.2, 0.25) is 0 Å². The van der Waals surface area contributed by atoms with Crippen LogP contribution in [0.3, 0.4) is 0 Å². The number of hydrogen-bond donors (Lipinski definition) is 0. The average Bonchev–Trinajstić information content (AvgIpc) is 2.92. The maximum atomic E-state index is 11.8. The quantitative estimate of drug-likeness (QED) is 0.769. The number of carbonyl (C=O) groups is 1. The Morgan fingerprint density at radius 1 is 1.33 bits per heavy atom. The van der Waals surface area contributed by atoms with Crippen molar-refractivity contribution in [1.82, 2.24) is 14.8 Å². The summed E-state index contributed by atoms with van der Waals surface area (Å²) in [6.07, 6.45) is 2.38. The van der Waals surface area contributed by atoms with Crippen LogP contribution in [-0.2, 0) is 4.74 Å². The zero-order valence-electron chi connectivity index (χ0n) is 10.1. The molecule has 0 N–H and O–H groups in total. The van der Waals surface area contributed by atoms with E-state index >= 15 is 0 Å². The van der Waals surface area contributed by atoms with Crippen LogP contribution in [-0.4, -0.2) is 27.8 Å². The molecule has 18 heavy (non-hydrogen) atoms. The van der Waals surface area contributed by atoms with Gasteiger partial charge in [-0.3, -0.25) is 0 Å². The highest BCUT2D eigenvalue weighted by Gasteiger charge is 2.13. The first-order valence-electron chi connectivity index (χ1n) is 5.40. The molecular formula is C12H13N3O3. The smallest absolute Gasteiger partial charge is 0.340 e. The molecule has 0 amide bonds. The number of benzene rings is 1. The molecule has 94 valence electrons. The molecule has 0 aliphatic heterocycles. The highest BCUT2D eigenvalue weighted by molar-refractivity contribution is 5.89. The summed E-state index contributed by atoms with van der Waals surface area (Å²) in [7, 11) is 1.57. The number of hydrogen-bond acceptors (Lipinski definition) is 5. The molecule has 1 atom stereocenters. The Balaban J connectivity index is 2.03. The van der Waals surface area contributed by atoms with Crippen molar-refractivity contribution in [3.05, 3.63) is 42.5 Å². The number of ether oxygens (including phenoxy) is 2. The number of rotatable bonds is 4. The summed E-state index contributed by atoms with van der Waals surface area (Å²) in [5.41, 5.74) is 0.461. The van der Waals surface area contributed by atoms with Crippen LogP contribution < -0.4 is 4.74 Å². The summed E-state index contributed by atoms with van der Waals surface area (Å²) in [6.45, 7) is 1.72. The molecule has 0 radical (unpaired) electrons. The molecule has 0 aliphatic carbocycles. The van der Waals surface area contributed by atoms with Gasteiger partial charge in [-0.05, 0) is 31.2 Å². The van der Waals surface area contributed by atoms with E-state index in [9.17, 15) is 4.79 Å². The van der Waals surface area contributed by atoms with Crippen molar-refractivity contribution in [2.75, 3.05) is 7.11 Å². The lowest BCUT2D eigenvalue weighted by Gasteiger charge is -2.12. The van der Waals surface area contributed by atoms with Crippen LogP contribution in [0.4, 0.5) is 0 Å². The molecular weight excluding hydrogens is 234 g/mol. The fourth-order valence-corrected chi connectivity index (χ4v) is 1.41. The second kappa shape index (κ2) is 5.31. The predicted octanol–water partition coefficient (Wildman–Crippen LogP) is 1.66. The minimum atomic E-state index is -0.498. The van der Waals surface area contributed by atoms with Gasteiger partial charge in [-0.1, -0.05) is 0 Å². The van der Waals surface area contributed by atoms with E-state index in [1.807, 2.05) is 0 Å². The van der Waals surface area contributed by atoms with Crippen LogP contribution in [0.15, 0.2) is 36.9 Å². The molecule has 0 aliphatic rings. The highest BCUT2D eigenvalue weighted by atomic mass is 16.6. The molecule has 0 spiro atoms. The Morgan fingerprint density at radius 2 is 2.06 bits per heavy atom. The standard InChI is InChI=1S/C12H13N3O3/c1-9(15-8-13-7-14-15)18-12(16)10-3-5-11(17-2)6-4-10/h3-9H,1-2H3. The van der Waals surface area contributed by atoms with Gasteiger partial charge in [0.2, 0.25) is 0 Å². The number of esters is 1. The predicted molar refractivity (Wildman–Crippen MR) is 63.1 cm³/mol. The van der Waals surface area contributed by atoms with Crippen molar-refractivity contribution in [1.29, 1.82) is 0 Å². The third-order valence-corrected chi connectivity index (χ3v) is 2.41. The topological polar surface area (TPSA) is 66.2 Å². The molecule has 6 heteroatoms. The summed E-state index contributed by atoms with van der Waals surface area (Å²) in [5.74, 6) is 0.275. The third kappa shape index (κ3) is 2.65. The second-order valence-electron chi connectivity index (χ2n) is 3.61. The Hall–Kier alpha value is -2.37. The maximum absolute atomic E-state index is 11.8. The van der Waals surface area contributed by atoms with Gasteiger partial charge in [0, 0.05) is 0 Å². The number of carbonyl (C=O) groups excluding carboxylic acids is 1. The van der Waals surface area contributed by atoms with E-state index in [1.165, 1.54) is 17.3 Å². The first-order chi connectivity index (χ1) is 8.70. The molecule has 2 aromatic rings. The summed E-state index contributed by atoms with van der Waals surface area (Å²) in [5, 5.41) is 3.90. The fraction of sp³-hybridized carbons (Fsp3) is 0.250. The van der Waals surface area contributed by atoms with Gasteiger partial charge >= 0.3 is 5.97 Å². The van der Waals surface area contributed by atoms with E-state index in [4.69, 9.17) is 9.47 Å². The van der Waals surface area contributed by atoms with Crippen LogP contribution in [0, 0.1) is 0 Å². The van der Waals surface area contributed by atoms with E-state index in [0.717, 1.165) is 0 Å². The minimum Gasteiger partial charge on any atom is -0.497 e. The third-order valence-electron chi connectivity index (χ3n) is 2.41. The lowest BCUT2D eigenvalue weighted by Crippen LogP contribution is -2.15. The Labute approximate surface area is 104 Å². The average molecular weight is 247 g/mol. The molecule has 0 saturated heterocycles. The Kier molecular flexibility index (Phi) is 3.57. The molecule has 1 aromatic carbocycles. The summed E-state index contributed by atoms with van der Waals surface area (Å²) < 4.78 is 11.7. The number of methoxy groups -OCH3 is 1. The van der Waals surface area contributed by atoms with E-state index in [1.54, 1.807) is 38.3 Å². The van der Waals surface area contributed by atoms with Crippen molar-refractivity contribution in [2.24, 2.45) is 0 Å². The highest BCUT2D eigenvalue weighted by Crippen LogP contribution is 2.14. The first-order valence-corrected chi connectivity index (χ1v) is 5.40. The van der Waals surface area contributed by atoms with Gasteiger partial charge in [0.15, 0.2) is 6.23 Å². The number of nitrogens with zero attached hydrogens (tertiary/aromatic N) is 3. The molecule has 0 bridgehead atoms. The van der Waals surface area contributed by atoms with Crippen molar-refractivity contribution < 1.29 is 14.3 Å². The van der Waals surface area contributed by atoms with Gasteiger partial charge in [0.25, 0.3) is 0 Å². The number of aromatic nitrogens is 3. The van der Waals surface area contributed by atoms with E-state index in [0.29, 0.717) is 11.3 Å². The van der Waals surface area contributed by atoms with Crippen molar-refractivity contribution in [2.45, 2.75) is 13.2 Å². The van der Waals surface area contributed by atoms with E-state index in [-0.39, 0.29) is 0 Å². The van der Waals surface area contributed by atoms with Gasteiger partial charge in [-0.25, -0.2) is 14.5 Å². The van der Waals surface area contributed by atoms with Crippen molar-refractivity contribution >= 4 is 5.97 Å². The molecule has 1 heterocycles. The largest absolute Gasteiger partial charge is 0.497 e. The van der Waals surface area contributed by atoms with E-state index < -0.39 is 12.2 Å². The maximum Gasteiger partial charge on any atom is 0.340 e. The molecule has 1 unspecified atom stereocenters. The normalized spacial score (nSPS) is 11.9. The minimum absolute atomic E-state index is 0.416. The van der Waals surface area contributed by atoms with Gasteiger partial charge in [0.05, 0.1) is 12.7 Å². The van der Waals surface area contributed by atoms with E-state index in [2.05, 4.69) is 10.1 Å². The molecule has 2 rings (SSSR count). The zero-order valence-corrected chi connectivity index (χ0v) is 10.1. The first kappa shape index (κ1) is 12.1. The molecule has 0 saturated carbocycles. The van der Waals surface area contributed by atoms with Gasteiger partial charge < -0.3 is 9.47 Å². The summed E-state index contributed by atoms with van der Waals surface area (Å²) >= 11 is 0. The lowest BCUT2D eigenvalue weighted by molar-refractivity contribution is 0.0117. The SMILES string of the molecule is COc1ccc(C(=O)OC(C)n2cncn2)cc1. The van der Waals surface area contributed by atoms with Crippen LogP contribution in [0.5, 0.6) is 5.75 Å². The van der Waals surface area contributed by atoms with Crippen molar-refractivity contribution in [3.63, 3.8) is 0 Å². The van der Waals surface area contributed by atoms with Gasteiger partial charge in [-0.15, -0.1) is 0 Å². The van der Waals surface area contributed by atoms with Crippen LogP contribution in [0.1, 0.15) is 23.5 Å². The van der Waals surface area contributed by atoms with Gasteiger partial charge in [0.1, 0.15) is 18.4 Å². The second-order valence-corrected chi connectivity index (χ2v) is 3.61. The van der Waals surface area contributed by atoms with Crippen LogP contribution >= 0.6 is 0 Å².